The van der Waals surface area contributed by atoms with E-state index in [1.807, 2.05) is 20.8 Å². The van der Waals surface area contributed by atoms with Crippen LogP contribution in [0.2, 0.25) is 0 Å². The highest BCUT2D eigenvalue weighted by atomic mass is 16.5. The van der Waals surface area contributed by atoms with Gasteiger partial charge in [0.05, 0.1) is 12.7 Å². The Kier molecular flexibility index (Phi) is 5.26. The Bertz CT molecular complexity index is 649. The fraction of sp³-hybridized carbons (Fsp3) is 0.500. The third-order valence-electron chi connectivity index (χ3n) is 4.01. The van der Waals surface area contributed by atoms with E-state index in [2.05, 4.69) is 10.1 Å². The highest BCUT2D eigenvalue weighted by molar-refractivity contribution is 5.99. The molecule has 1 atom stereocenters. The van der Waals surface area contributed by atoms with E-state index in [9.17, 15) is 14.4 Å². The van der Waals surface area contributed by atoms with E-state index in [4.69, 9.17) is 0 Å². The summed E-state index contributed by atoms with van der Waals surface area (Å²) in [5.74, 6) is -0.716. The number of hydrogen-bond acceptors (Lipinski definition) is 4. The van der Waals surface area contributed by atoms with E-state index in [0.717, 1.165) is 6.42 Å². The molecule has 1 N–H and O–H groups in total. The third-order valence-corrected chi connectivity index (χ3v) is 4.01. The predicted octanol–water partition coefficient (Wildman–Crippen LogP) is 2.45. The van der Waals surface area contributed by atoms with Crippen molar-refractivity contribution in [2.75, 3.05) is 19.0 Å². The molecule has 1 unspecified atom stereocenters. The lowest BCUT2D eigenvalue weighted by atomic mass is 9.94. The summed E-state index contributed by atoms with van der Waals surface area (Å²) in [5.41, 5.74) is 0.357. The number of carbonyl (C=O) groups excluding carboxylic acids is 3. The van der Waals surface area contributed by atoms with Crippen molar-refractivity contribution in [3.8, 4) is 0 Å². The van der Waals surface area contributed by atoms with Gasteiger partial charge in [-0.2, -0.15) is 0 Å². The number of ether oxygens (including phenoxy) is 1. The minimum Gasteiger partial charge on any atom is -0.465 e. The molecule has 1 saturated heterocycles. The first-order chi connectivity index (χ1) is 11.2. The van der Waals surface area contributed by atoms with Gasteiger partial charge >= 0.3 is 5.97 Å². The predicted molar refractivity (Wildman–Crippen MR) is 90.6 cm³/mol. The Labute approximate surface area is 142 Å². The lowest BCUT2D eigenvalue weighted by Crippen LogP contribution is -2.47. The quantitative estimate of drug-likeness (QED) is 0.863. The molecular formula is C18H24N2O4. The normalized spacial score (nSPS) is 17.5. The summed E-state index contributed by atoms with van der Waals surface area (Å²) in [6.07, 6.45) is 1.45. The molecular weight excluding hydrogens is 308 g/mol. The number of methoxy groups -OCH3 is 1. The van der Waals surface area contributed by atoms with Crippen molar-refractivity contribution in [2.45, 2.75) is 39.7 Å². The number of nitrogens with zero attached hydrogens (tertiary/aromatic N) is 1. The van der Waals surface area contributed by atoms with Gasteiger partial charge in [0, 0.05) is 17.6 Å². The SMILES string of the molecule is COC(=O)c1cccc(NC(=O)C2CCCN2C(=O)C(C)(C)C)c1. The second-order valence-electron chi connectivity index (χ2n) is 6.97. The van der Waals surface area contributed by atoms with E-state index in [-0.39, 0.29) is 11.8 Å². The summed E-state index contributed by atoms with van der Waals surface area (Å²) in [4.78, 5) is 38.3. The molecule has 2 amide bonds. The highest BCUT2D eigenvalue weighted by Gasteiger charge is 2.38. The Hall–Kier alpha value is -2.37. The Morgan fingerprint density at radius 1 is 1.25 bits per heavy atom. The summed E-state index contributed by atoms with van der Waals surface area (Å²) in [6.45, 7) is 6.14. The van der Waals surface area contributed by atoms with Crippen LogP contribution in [0, 0.1) is 5.41 Å². The number of rotatable bonds is 3. The Morgan fingerprint density at radius 3 is 2.58 bits per heavy atom. The Balaban J connectivity index is 2.12. The maximum Gasteiger partial charge on any atom is 0.337 e. The zero-order chi connectivity index (χ0) is 17.9. The molecule has 0 aliphatic carbocycles. The molecule has 1 heterocycles. The number of nitrogens with one attached hydrogen (secondary N) is 1. The topological polar surface area (TPSA) is 75.7 Å². The molecule has 130 valence electrons. The van der Waals surface area contributed by atoms with E-state index < -0.39 is 17.4 Å². The molecule has 6 heteroatoms. The molecule has 0 bridgehead atoms. The minimum absolute atomic E-state index is 0.0246. The van der Waals surface area contributed by atoms with Crippen LogP contribution in [0.3, 0.4) is 0 Å². The first kappa shape index (κ1) is 18.0. The zero-order valence-electron chi connectivity index (χ0n) is 14.6. The van der Waals surface area contributed by atoms with Gasteiger partial charge in [0.15, 0.2) is 0 Å². The molecule has 0 aromatic heterocycles. The van der Waals surface area contributed by atoms with Gasteiger partial charge < -0.3 is 15.0 Å². The van der Waals surface area contributed by atoms with Crippen molar-refractivity contribution < 1.29 is 19.1 Å². The molecule has 1 aromatic carbocycles. The van der Waals surface area contributed by atoms with Crippen molar-refractivity contribution in [3.05, 3.63) is 29.8 Å². The van der Waals surface area contributed by atoms with Crippen LogP contribution in [-0.4, -0.2) is 42.4 Å². The van der Waals surface area contributed by atoms with Gasteiger partial charge in [-0.3, -0.25) is 9.59 Å². The monoisotopic (exact) mass is 332 g/mol. The minimum atomic E-state index is -0.520. The van der Waals surface area contributed by atoms with Crippen LogP contribution in [0.1, 0.15) is 44.0 Å². The third kappa shape index (κ3) is 3.93. The lowest BCUT2D eigenvalue weighted by molar-refractivity contribution is -0.143. The average molecular weight is 332 g/mol. The second-order valence-corrected chi connectivity index (χ2v) is 6.97. The fourth-order valence-corrected chi connectivity index (χ4v) is 2.78. The van der Waals surface area contributed by atoms with Crippen LogP contribution in [0.15, 0.2) is 24.3 Å². The van der Waals surface area contributed by atoms with Gasteiger partial charge in [-0.05, 0) is 31.0 Å². The van der Waals surface area contributed by atoms with Gasteiger partial charge in [0.25, 0.3) is 0 Å². The first-order valence-electron chi connectivity index (χ1n) is 8.04. The van der Waals surface area contributed by atoms with E-state index in [1.165, 1.54) is 7.11 Å². The van der Waals surface area contributed by atoms with Crippen LogP contribution in [-0.2, 0) is 14.3 Å². The number of carbonyl (C=O) groups is 3. The summed E-state index contributed by atoms with van der Waals surface area (Å²) in [7, 11) is 1.31. The molecule has 1 aromatic rings. The largest absolute Gasteiger partial charge is 0.465 e. The summed E-state index contributed by atoms with van der Waals surface area (Å²) in [6, 6.07) is 6.09. The van der Waals surface area contributed by atoms with Crippen molar-refractivity contribution in [2.24, 2.45) is 5.41 Å². The van der Waals surface area contributed by atoms with Gasteiger partial charge in [-0.25, -0.2) is 4.79 Å². The molecule has 1 aliphatic heterocycles. The molecule has 0 spiro atoms. The maximum atomic E-state index is 12.6. The van der Waals surface area contributed by atoms with Crippen LogP contribution in [0.5, 0.6) is 0 Å². The number of amides is 2. The number of anilines is 1. The number of hydrogen-bond donors (Lipinski definition) is 1. The summed E-state index contributed by atoms with van der Waals surface area (Å²) < 4.78 is 4.68. The molecule has 0 radical (unpaired) electrons. The van der Waals surface area contributed by atoms with Crippen LogP contribution in [0.4, 0.5) is 5.69 Å². The van der Waals surface area contributed by atoms with Crippen LogP contribution >= 0.6 is 0 Å². The summed E-state index contributed by atoms with van der Waals surface area (Å²) >= 11 is 0. The Morgan fingerprint density at radius 2 is 1.96 bits per heavy atom. The van der Waals surface area contributed by atoms with E-state index in [0.29, 0.717) is 24.2 Å². The van der Waals surface area contributed by atoms with Gasteiger partial charge in [0.2, 0.25) is 11.8 Å². The highest BCUT2D eigenvalue weighted by Crippen LogP contribution is 2.26. The van der Waals surface area contributed by atoms with Gasteiger partial charge in [0.1, 0.15) is 6.04 Å². The molecule has 2 rings (SSSR count). The first-order valence-corrected chi connectivity index (χ1v) is 8.04. The smallest absolute Gasteiger partial charge is 0.337 e. The second kappa shape index (κ2) is 7.03. The van der Waals surface area contributed by atoms with Crippen molar-refractivity contribution >= 4 is 23.5 Å². The number of benzene rings is 1. The summed E-state index contributed by atoms with van der Waals surface area (Å²) in [5, 5.41) is 2.80. The van der Waals surface area contributed by atoms with Gasteiger partial charge in [-0.15, -0.1) is 0 Å². The number of likely N-dealkylation sites (tertiary alicyclic amines) is 1. The van der Waals surface area contributed by atoms with E-state index >= 15 is 0 Å². The number of esters is 1. The van der Waals surface area contributed by atoms with Crippen molar-refractivity contribution in [1.29, 1.82) is 0 Å². The lowest BCUT2D eigenvalue weighted by Gasteiger charge is -2.30. The average Bonchev–Trinajstić information content (AvgIpc) is 3.02. The molecule has 6 nitrogen and oxygen atoms in total. The molecule has 1 aliphatic rings. The van der Waals surface area contributed by atoms with Crippen molar-refractivity contribution in [3.63, 3.8) is 0 Å². The van der Waals surface area contributed by atoms with Crippen LogP contribution < -0.4 is 5.32 Å². The zero-order valence-corrected chi connectivity index (χ0v) is 14.6. The van der Waals surface area contributed by atoms with Gasteiger partial charge in [-0.1, -0.05) is 26.8 Å². The standard InChI is InChI=1S/C18H24N2O4/c1-18(2,3)17(23)20-10-6-9-14(20)15(21)19-13-8-5-7-12(11-13)16(22)24-4/h5,7-8,11,14H,6,9-10H2,1-4H3,(H,19,21). The molecule has 24 heavy (non-hydrogen) atoms. The molecule has 0 saturated carbocycles. The van der Waals surface area contributed by atoms with Crippen molar-refractivity contribution in [1.82, 2.24) is 4.90 Å². The van der Waals surface area contributed by atoms with E-state index in [1.54, 1.807) is 29.2 Å². The molecule has 1 fully saturated rings. The fourth-order valence-electron chi connectivity index (χ4n) is 2.78. The van der Waals surface area contributed by atoms with Crippen LogP contribution in [0.25, 0.3) is 0 Å². The maximum absolute atomic E-state index is 12.6.